The van der Waals surface area contributed by atoms with E-state index in [9.17, 15) is 22.0 Å². The standard InChI is InChI=1S/C16H14Cl2F2N2O3S/c1-9(13-6-5-10(17)7-14(13)18)21-16(23)22-11-3-2-4-12(8-11)26(24,25)15(19)20/h2-9,15H,1H3,(H2,21,22,23). The highest BCUT2D eigenvalue weighted by Crippen LogP contribution is 2.26. The zero-order valence-corrected chi connectivity index (χ0v) is 15.7. The molecular formula is C16H14Cl2F2N2O3S. The summed E-state index contributed by atoms with van der Waals surface area (Å²) in [5, 5.41) is 5.83. The molecule has 0 heterocycles. The molecule has 2 amide bonds. The van der Waals surface area contributed by atoms with Gasteiger partial charge in [-0.2, -0.15) is 8.78 Å². The van der Waals surface area contributed by atoms with Crippen molar-refractivity contribution in [3.8, 4) is 0 Å². The first-order valence-electron chi connectivity index (χ1n) is 7.26. The number of urea groups is 1. The van der Waals surface area contributed by atoms with Crippen molar-refractivity contribution >= 4 is 44.8 Å². The van der Waals surface area contributed by atoms with Gasteiger partial charge in [0.1, 0.15) is 0 Å². The third-order valence-electron chi connectivity index (χ3n) is 3.43. The number of sulfone groups is 1. The summed E-state index contributed by atoms with van der Waals surface area (Å²) < 4.78 is 48.2. The molecule has 0 aliphatic heterocycles. The number of alkyl halides is 2. The fraction of sp³-hybridized carbons (Fsp3) is 0.188. The zero-order chi connectivity index (χ0) is 19.5. The lowest BCUT2D eigenvalue weighted by Gasteiger charge is -2.17. The predicted octanol–water partition coefficient (Wildman–Crippen LogP) is 4.87. The summed E-state index contributed by atoms with van der Waals surface area (Å²) in [5.74, 6) is -3.54. The van der Waals surface area contributed by atoms with Crippen LogP contribution in [-0.4, -0.2) is 20.2 Å². The second-order valence-electron chi connectivity index (χ2n) is 5.32. The number of carbonyl (C=O) groups is 1. The Morgan fingerprint density at radius 2 is 1.81 bits per heavy atom. The summed E-state index contributed by atoms with van der Waals surface area (Å²) >= 11 is 11.9. The molecule has 0 fully saturated rings. The lowest BCUT2D eigenvalue weighted by Crippen LogP contribution is -2.31. The third-order valence-corrected chi connectivity index (χ3v) is 5.37. The molecule has 0 saturated carbocycles. The van der Waals surface area contributed by atoms with Gasteiger partial charge < -0.3 is 10.6 Å². The Kier molecular flexibility index (Phi) is 6.44. The van der Waals surface area contributed by atoms with Crippen LogP contribution in [-0.2, 0) is 9.84 Å². The van der Waals surface area contributed by atoms with Crippen molar-refractivity contribution in [1.82, 2.24) is 5.32 Å². The van der Waals surface area contributed by atoms with Gasteiger partial charge in [0.25, 0.3) is 0 Å². The van der Waals surface area contributed by atoms with E-state index in [4.69, 9.17) is 23.2 Å². The zero-order valence-electron chi connectivity index (χ0n) is 13.3. The molecule has 0 aliphatic carbocycles. The second kappa shape index (κ2) is 8.20. The fourth-order valence-electron chi connectivity index (χ4n) is 2.15. The maximum absolute atomic E-state index is 12.6. The van der Waals surface area contributed by atoms with Crippen LogP contribution in [0.4, 0.5) is 19.3 Å². The fourth-order valence-corrected chi connectivity index (χ4v) is 3.49. The van der Waals surface area contributed by atoms with E-state index in [1.165, 1.54) is 18.2 Å². The molecule has 2 aromatic carbocycles. The van der Waals surface area contributed by atoms with E-state index in [1.807, 2.05) is 0 Å². The molecule has 2 N–H and O–H groups in total. The number of halogens is 4. The summed E-state index contributed by atoms with van der Waals surface area (Å²) in [6.45, 7) is 1.69. The number of benzene rings is 2. The van der Waals surface area contributed by atoms with Gasteiger partial charge in [0, 0.05) is 15.7 Å². The van der Waals surface area contributed by atoms with Gasteiger partial charge in [0.05, 0.1) is 10.9 Å². The molecule has 5 nitrogen and oxygen atoms in total. The van der Waals surface area contributed by atoms with Crippen molar-refractivity contribution < 1.29 is 22.0 Å². The maximum atomic E-state index is 12.6. The first kappa shape index (κ1) is 20.4. The Morgan fingerprint density at radius 1 is 1.12 bits per heavy atom. The van der Waals surface area contributed by atoms with Crippen molar-refractivity contribution in [3.05, 3.63) is 58.1 Å². The lowest BCUT2D eigenvalue weighted by atomic mass is 10.1. The van der Waals surface area contributed by atoms with Crippen LogP contribution in [0.25, 0.3) is 0 Å². The van der Waals surface area contributed by atoms with Gasteiger partial charge in [0.15, 0.2) is 0 Å². The summed E-state index contributed by atoms with van der Waals surface area (Å²) in [5.41, 5.74) is 0.680. The summed E-state index contributed by atoms with van der Waals surface area (Å²) in [6.07, 6.45) is 0. The summed E-state index contributed by atoms with van der Waals surface area (Å²) in [7, 11) is -4.75. The SMILES string of the molecule is CC(NC(=O)Nc1cccc(S(=O)(=O)C(F)F)c1)c1ccc(Cl)cc1Cl. The molecule has 0 saturated heterocycles. The molecular weight excluding hydrogens is 409 g/mol. The van der Waals surface area contributed by atoms with Crippen LogP contribution in [0.5, 0.6) is 0 Å². The quantitative estimate of drug-likeness (QED) is 0.721. The average molecular weight is 423 g/mol. The molecule has 10 heteroatoms. The Hall–Kier alpha value is -1.90. The molecule has 0 bridgehead atoms. The molecule has 2 rings (SSSR count). The van der Waals surface area contributed by atoms with E-state index in [2.05, 4.69) is 10.6 Å². The van der Waals surface area contributed by atoms with Gasteiger partial charge in [-0.05, 0) is 42.8 Å². The molecule has 0 aliphatic rings. The summed E-state index contributed by atoms with van der Waals surface area (Å²) in [6, 6.07) is 8.30. The van der Waals surface area contributed by atoms with E-state index in [0.717, 1.165) is 12.1 Å². The number of anilines is 1. The molecule has 1 atom stereocenters. The summed E-state index contributed by atoms with van der Waals surface area (Å²) in [4.78, 5) is 11.5. The highest BCUT2D eigenvalue weighted by Gasteiger charge is 2.26. The average Bonchev–Trinajstić information content (AvgIpc) is 2.54. The number of amides is 2. The first-order chi connectivity index (χ1) is 12.1. The number of carbonyl (C=O) groups excluding carboxylic acids is 1. The van der Waals surface area contributed by atoms with E-state index in [-0.39, 0.29) is 5.69 Å². The molecule has 140 valence electrons. The minimum Gasteiger partial charge on any atom is -0.331 e. The van der Waals surface area contributed by atoms with Gasteiger partial charge in [-0.25, -0.2) is 13.2 Å². The Labute approximate surface area is 159 Å². The van der Waals surface area contributed by atoms with Crippen LogP contribution in [0.2, 0.25) is 10.0 Å². The van der Waals surface area contributed by atoms with Crippen LogP contribution in [0.15, 0.2) is 47.4 Å². The van der Waals surface area contributed by atoms with Gasteiger partial charge >= 0.3 is 11.8 Å². The monoisotopic (exact) mass is 422 g/mol. The molecule has 2 aromatic rings. The van der Waals surface area contributed by atoms with Gasteiger partial charge in [0.2, 0.25) is 9.84 Å². The van der Waals surface area contributed by atoms with Crippen LogP contribution in [0.3, 0.4) is 0 Å². The van der Waals surface area contributed by atoms with Crippen molar-refractivity contribution in [2.75, 3.05) is 5.32 Å². The second-order valence-corrected chi connectivity index (χ2v) is 8.08. The first-order valence-corrected chi connectivity index (χ1v) is 9.56. The number of rotatable bonds is 5. The molecule has 1 unspecified atom stereocenters. The third kappa shape index (κ3) is 4.84. The van der Waals surface area contributed by atoms with E-state index in [0.29, 0.717) is 15.6 Å². The van der Waals surface area contributed by atoms with Crippen LogP contribution < -0.4 is 10.6 Å². The largest absolute Gasteiger partial charge is 0.341 e. The predicted molar refractivity (Wildman–Crippen MR) is 96.7 cm³/mol. The molecule has 0 spiro atoms. The van der Waals surface area contributed by atoms with Crippen molar-refractivity contribution in [2.24, 2.45) is 0 Å². The van der Waals surface area contributed by atoms with Crippen LogP contribution >= 0.6 is 23.2 Å². The molecule has 0 radical (unpaired) electrons. The maximum Gasteiger partial charge on any atom is 0.341 e. The van der Waals surface area contributed by atoms with Gasteiger partial charge in [-0.3, -0.25) is 0 Å². The Morgan fingerprint density at radius 3 is 2.42 bits per heavy atom. The topological polar surface area (TPSA) is 75.3 Å². The van der Waals surface area contributed by atoms with Crippen LogP contribution in [0.1, 0.15) is 18.5 Å². The minimum atomic E-state index is -4.75. The van der Waals surface area contributed by atoms with Crippen molar-refractivity contribution in [2.45, 2.75) is 23.6 Å². The van der Waals surface area contributed by atoms with E-state index >= 15 is 0 Å². The molecule has 0 aromatic heterocycles. The lowest BCUT2D eigenvalue weighted by molar-refractivity contribution is 0.235. The van der Waals surface area contributed by atoms with Gasteiger partial charge in [-0.15, -0.1) is 0 Å². The van der Waals surface area contributed by atoms with Gasteiger partial charge in [-0.1, -0.05) is 35.3 Å². The normalized spacial score (nSPS) is 12.7. The Bertz CT molecular complexity index is 923. The number of hydrogen-bond donors (Lipinski definition) is 2. The number of nitrogens with one attached hydrogen (secondary N) is 2. The Balaban J connectivity index is 2.11. The highest BCUT2D eigenvalue weighted by atomic mass is 35.5. The minimum absolute atomic E-state index is 0.0543. The highest BCUT2D eigenvalue weighted by molar-refractivity contribution is 7.91. The number of hydrogen-bond acceptors (Lipinski definition) is 3. The van der Waals surface area contributed by atoms with E-state index < -0.39 is 32.6 Å². The molecule has 26 heavy (non-hydrogen) atoms. The smallest absolute Gasteiger partial charge is 0.331 e. The van der Waals surface area contributed by atoms with E-state index in [1.54, 1.807) is 19.1 Å². The van der Waals surface area contributed by atoms with Crippen LogP contribution in [0, 0.1) is 0 Å². The van der Waals surface area contributed by atoms with Crippen molar-refractivity contribution in [1.29, 1.82) is 0 Å². The van der Waals surface area contributed by atoms with Crippen molar-refractivity contribution in [3.63, 3.8) is 0 Å².